The topological polar surface area (TPSA) is 64.4 Å². The van der Waals surface area contributed by atoms with Crippen LogP contribution in [0.4, 0.5) is 5.69 Å². The molecule has 1 aliphatic carbocycles. The number of benzene rings is 1. The molecule has 0 saturated heterocycles. The quantitative estimate of drug-likeness (QED) is 0.784. The molecule has 0 spiro atoms. The second-order valence-electron chi connectivity index (χ2n) is 5.17. The summed E-state index contributed by atoms with van der Waals surface area (Å²) in [4.78, 5) is 11.8. The first kappa shape index (κ1) is 14.6. The normalized spacial score (nSPS) is 16.6. The molecule has 4 heteroatoms. The van der Waals surface area contributed by atoms with E-state index in [0.717, 1.165) is 24.3 Å². The summed E-state index contributed by atoms with van der Waals surface area (Å²) < 4.78 is 5.87. The molecule has 0 radical (unpaired) electrons. The zero-order valence-corrected chi connectivity index (χ0v) is 11.7. The number of nitrogens with one attached hydrogen (secondary N) is 1. The number of hydrogen-bond donors (Lipinski definition) is 2. The Morgan fingerprint density at radius 3 is 2.65 bits per heavy atom. The molecule has 0 bridgehead atoms. The van der Waals surface area contributed by atoms with Gasteiger partial charge in [0.2, 0.25) is 5.91 Å². The molecule has 0 heterocycles. The smallest absolute Gasteiger partial charge is 0.241 e. The van der Waals surface area contributed by atoms with Gasteiger partial charge in [-0.3, -0.25) is 4.79 Å². The number of anilines is 1. The number of carbonyl (C=O) groups is 1. The Kier molecular flexibility index (Phi) is 5.18. The average molecular weight is 274 g/mol. The van der Waals surface area contributed by atoms with Gasteiger partial charge in [-0.05, 0) is 56.4 Å². The van der Waals surface area contributed by atoms with Crippen LogP contribution in [0.3, 0.4) is 0 Å². The molecule has 1 amide bonds. The molecule has 1 aliphatic rings. The van der Waals surface area contributed by atoms with Gasteiger partial charge in [0.1, 0.15) is 5.75 Å². The molecule has 4 nitrogen and oxygen atoms in total. The number of ether oxygens (including phenoxy) is 1. The van der Waals surface area contributed by atoms with Crippen molar-refractivity contribution in [3.63, 3.8) is 0 Å². The minimum atomic E-state index is -0.554. The molecular formula is C16H22N2O2. The maximum atomic E-state index is 11.8. The fraction of sp³-hybridized carbons (Fsp3) is 0.438. The largest absolute Gasteiger partial charge is 0.490 e. The van der Waals surface area contributed by atoms with E-state index >= 15 is 0 Å². The van der Waals surface area contributed by atoms with Gasteiger partial charge in [0.05, 0.1) is 12.1 Å². The van der Waals surface area contributed by atoms with Crippen LogP contribution in [0, 0.1) is 0 Å². The van der Waals surface area contributed by atoms with Crippen molar-refractivity contribution in [2.45, 2.75) is 44.2 Å². The number of nitrogens with two attached hydrogens (primary N) is 1. The summed E-state index contributed by atoms with van der Waals surface area (Å²) in [7, 11) is 0. The Morgan fingerprint density at radius 1 is 1.40 bits per heavy atom. The first-order valence-electron chi connectivity index (χ1n) is 7.13. The van der Waals surface area contributed by atoms with E-state index in [1.54, 1.807) is 6.08 Å². The van der Waals surface area contributed by atoms with E-state index in [2.05, 4.69) is 11.9 Å². The molecule has 0 aliphatic heterocycles. The Hall–Kier alpha value is -1.81. The van der Waals surface area contributed by atoms with Crippen LogP contribution in [0.15, 0.2) is 36.9 Å². The van der Waals surface area contributed by atoms with Gasteiger partial charge in [-0.1, -0.05) is 6.08 Å². The van der Waals surface area contributed by atoms with E-state index in [1.165, 1.54) is 12.8 Å². The zero-order valence-electron chi connectivity index (χ0n) is 11.7. The van der Waals surface area contributed by atoms with E-state index in [0.29, 0.717) is 12.5 Å². The summed E-state index contributed by atoms with van der Waals surface area (Å²) in [5.41, 5.74) is 6.44. The summed E-state index contributed by atoms with van der Waals surface area (Å²) in [6, 6.07) is 6.88. The average Bonchev–Trinajstić information content (AvgIpc) is 2.94. The Labute approximate surface area is 120 Å². The molecule has 20 heavy (non-hydrogen) atoms. The SMILES string of the molecule is C=CCC(N)C(=O)Nc1ccc(OC2CCCC2)cc1. The summed E-state index contributed by atoms with van der Waals surface area (Å²) in [5.74, 6) is 0.652. The van der Waals surface area contributed by atoms with Crippen molar-refractivity contribution in [2.75, 3.05) is 5.32 Å². The molecule has 1 aromatic carbocycles. The van der Waals surface area contributed by atoms with Crippen molar-refractivity contribution in [2.24, 2.45) is 5.73 Å². The van der Waals surface area contributed by atoms with Crippen molar-refractivity contribution in [1.29, 1.82) is 0 Å². The van der Waals surface area contributed by atoms with Crippen LogP contribution in [0.1, 0.15) is 32.1 Å². The highest BCUT2D eigenvalue weighted by Crippen LogP contribution is 2.25. The van der Waals surface area contributed by atoms with Gasteiger partial charge in [-0.2, -0.15) is 0 Å². The van der Waals surface area contributed by atoms with Crippen LogP contribution in [0.2, 0.25) is 0 Å². The number of amides is 1. The monoisotopic (exact) mass is 274 g/mol. The second-order valence-corrected chi connectivity index (χ2v) is 5.17. The Morgan fingerprint density at radius 2 is 2.05 bits per heavy atom. The lowest BCUT2D eigenvalue weighted by atomic mass is 10.2. The molecule has 1 unspecified atom stereocenters. The molecule has 2 rings (SSSR count). The van der Waals surface area contributed by atoms with Crippen molar-refractivity contribution in [3.05, 3.63) is 36.9 Å². The summed E-state index contributed by atoms with van der Waals surface area (Å²) in [5, 5.41) is 2.78. The van der Waals surface area contributed by atoms with Crippen LogP contribution in [-0.2, 0) is 4.79 Å². The van der Waals surface area contributed by atoms with Crippen LogP contribution in [0.5, 0.6) is 5.75 Å². The van der Waals surface area contributed by atoms with E-state index in [-0.39, 0.29) is 5.91 Å². The third-order valence-electron chi connectivity index (χ3n) is 3.48. The summed E-state index contributed by atoms with van der Waals surface area (Å²) in [6.07, 6.45) is 7.22. The van der Waals surface area contributed by atoms with Crippen LogP contribution in [0.25, 0.3) is 0 Å². The third-order valence-corrected chi connectivity index (χ3v) is 3.48. The van der Waals surface area contributed by atoms with Crippen molar-refractivity contribution < 1.29 is 9.53 Å². The summed E-state index contributed by atoms with van der Waals surface area (Å²) >= 11 is 0. The van der Waals surface area contributed by atoms with Crippen molar-refractivity contribution in [1.82, 2.24) is 0 Å². The highest BCUT2D eigenvalue weighted by molar-refractivity contribution is 5.94. The van der Waals surface area contributed by atoms with Crippen LogP contribution < -0.4 is 15.8 Å². The van der Waals surface area contributed by atoms with Crippen molar-refractivity contribution in [3.8, 4) is 5.75 Å². The minimum absolute atomic E-state index is 0.200. The van der Waals surface area contributed by atoms with Crippen LogP contribution in [-0.4, -0.2) is 18.1 Å². The first-order valence-corrected chi connectivity index (χ1v) is 7.13. The maximum Gasteiger partial charge on any atom is 0.241 e. The lowest BCUT2D eigenvalue weighted by Crippen LogP contribution is -2.35. The second kappa shape index (κ2) is 7.10. The first-order chi connectivity index (χ1) is 9.69. The predicted molar refractivity (Wildman–Crippen MR) is 80.7 cm³/mol. The number of rotatable bonds is 6. The summed E-state index contributed by atoms with van der Waals surface area (Å²) in [6.45, 7) is 3.57. The van der Waals surface area contributed by atoms with Gasteiger partial charge in [-0.25, -0.2) is 0 Å². The molecular weight excluding hydrogens is 252 g/mol. The van der Waals surface area contributed by atoms with Gasteiger partial charge in [0.25, 0.3) is 0 Å². The fourth-order valence-electron chi connectivity index (χ4n) is 2.34. The van der Waals surface area contributed by atoms with E-state index in [4.69, 9.17) is 10.5 Å². The van der Waals surface area contributed by atoms with Gasteiger partial charge in [0.15, 0.2) is 0 Å². The Balaban J connectivity index is 1.87. The van der Waals surface area contributed by atoms with E-state index in [1.807, 2.05) is 24.3 Å². The van der Waals surface area contributed by atoms with E-state index in [9.17, 15) is 4.79 Å². The molecule has 3 N–H and O–H groups in total. The highest BCUT2D eigenvalue weighted by Gasteiger charge is 2.16. The maximum absolute atomic E-state index is 11.8. The lowest BCUT2D eigenvalue weighted by Gasteiger charge is -2.14. The van der Waals surface area contributed by atoms with Gasteiger partial charge in [0, 0.05) is 5.69 Å². The van der Waals surface area contributed by atoms with Gasteiger partial charge >= 0.3 is 0 Å². The minimum Gasteiger partial charge on any atom is -0.490 e. The van der Waals surface area contributed by atoms with Gasteiger partial charge < -0.3 is 15.8 Å². The lowest BCUT2D eigenvalue weighted by molar-refractivity contribution is -0.117. The molecule has 108 valence electrons. The molecule has 0 aromatic heterocycles. The molecule has 1 atom stereocenters. The van der Waals surface area contributed by atoms with Crippen LogP contribution >= 0.6 is 0 Å². The molecule has 1 fully saturated rings. The highest BCUT2D eigenvalue weighted by atomic mass is 16.5. The number of hydrogen-bond acceptors (Lipinski definition) is 3. The third kappa shape index (κ3) is 4.10. The molecule has 1 aromatic rings. The Bertz CT molecular complexity index is 450. The van der Waals surface area contributed by atoms with Gasteiger partial charge in [-0.15, -0.1) is 6.58 Å². The fourth-order valence-corrected chi connectivity index (χ4v) is 2.34. The predicted octanol–water partition coefficient (Wildman–Crippen LogP) is 2.85. The molecule has 1 saturated carbocycles. The number of carbonyl (C=O) groups excluding carboxylic acids is 1. The van der Waals surface area contributed by atoms with E-state index < -0.39 is 6.04 Å². The standard InChI is InChI=1S/C16H22N2O2/c1-2-5-15(17)16(19)18-12-8-10-14(11-9-12)20-13-6-3-4-7-13/h2,8-11,13,15H,1,3-7,17H2,(H,18,19). The van der Waals surface area contributed by atoms with Crippen molar-refractivity contribution >= 4 is 11.6 Å². The zero-order chi connectivity index (χ0) is 14.4.